The van der Waals surface area contributed by atoms with Gasteiger partial charge >= 0.3 is 0 Å². The number of carbonyl (C=O) groups is 2. The van der Waals surface area contributed by atoms with Gasteiger partial charge in [0.1, 0.15) is 10.9 Å². The number of nitrogens with zero attached hydrogens (tertiary/aromatic N) is 4. The second kappa shape index (κ2) is 8.64. The lowest BCUT2D eigenvalue weighted by Gasteiger charge is -2.19. The van der Waals surface area contributed by atoms with Gasteiger partial charge in [0, 0.05) is 34.5 Å². The zero-order chi connectivity index (χ0) is 22.8. The van der Waals surface area contributed by atoms with Gasteiger partial charge in [-0.2, -0.15) is 5.01 Å². The number of hydrogen-bond acceptors (Lipinski definition) is 5. The Morgan fingerprint density at radius 2 is 1.70 bits per heavy atom. The molecule has 0 fully saturated rings. The average Bonchev–Trinajstić information content (AvgIpc) is 3.15. The van der Waals surface area contributed by atoms with Gasteiger partial charge in [-0.3, -0.25) is 20.0 Å². The maximum Gasteiger partial charge on any atom is 0.297 e. The second-order valence-corrected chi connectivity index (χ2v) is 7.57. The fourth-order valence-corrected chi connectivity index (χ4v) is 3.63. The molecule has 8 heteroatoms. The van der Waals surface area contributed by atoms with Crippen molar-refractivity contribution >= 4 is 46.2 Å². The molecule has 1 aliphatic heterocycles. The number of nitrogens with one attached hydrogen (secondary N) is 1. The Hall–Kier alpha value is -4.36. The number of halogens is 1. The molecule has 1 aliphatic rings. The van der Waals surface area contributed by atoms with Gasteiger partial charge in [0.05, 0.1) is 5.52 Å². The number of aromatic nitrogens is 2. The Balaban J connectivity index is 1.55. The van der Waals surface area contributed by atoms with E-state index >= 15 is 0 Å². The number of benzene rings is 2. The predicted molar refractivity (Wildman–Crippen MR) is 126 cm³/mol. The highest BCUT2D eigenvalue weighted by Crippen LogP contribution is 2.26. The maximum atomic E-state index is 13.3. The Morgan fingerprint density at radius 1 is 0.970 bits per heavy atom. The summed E-state index contributed by atoms with van der Waals surface area (Å²) in [6.07, 6.45) is 4.59. The SMILES string of the molecule is O=C(NN1C(=O)/C(=C/c2cc3ccccc3nc2Cl)N=C1c1ccccc1)c1ccncc1. The molecule has 0 bridgehead atoms. The van der Waals surface area contributed by atoms with E-state index in [1.807, 2.05) is 60.7 Å². The van der Waals surface area contributed by atoms with Gasteiger partial charge in [0.25, 0.3) is 11.8 Å². The zero-order valence-corrected chi connectivity index (χ0v) is 17.9. The molecule has 0 saturated carbocycles. The first-order valence-corrected chi connectivity index (χ1v) is 10.4. The summed E-state index contributed by atoms with van der Waals surface area (Å²) in [5.41, 5.74) is 5.12. The number of fused-ring (bicyclic) bond motifs is 1. The topological polar surface area (TPSA) is 87.5 Å². The number of aliphatic imine (C=N–C) groups is 1. The van der Waals surface area contributed by atoms with E-state index in [0.717, 1.165) is 15.9 Å². The minimum Gasteiger partial charge on any atom is -0.267 e. The van der Waals surface area contributed by atoms with Crippen LogP contribution in [0.15, 0.2) is 95.9 Å². The van der Waals surface area contributed by atoms with Gasteiger partial charge < -0.3 is 0 Å². The number of hydrogen-bond donors (Lipinski definition) is 1. The lowest BCUT2D eigenvalue weighted by Crippen LogP contribution is -2.47. The van der Waals surface area contributed by atoms with Gasteiger partial charge in [-0.05, 0) is 30.3 Å². The van der Waals surface area contributed by atoms with E-state index in [1.165, 1.54) is 12.4 Å². The van der Waals surface area contributed by atoms with Crippen molar-refractivity contribution in [1.29, 1.82) is 0 Å². The van der Waals surface area contributed by atoms with Crippen LogP contribution in [0.3, 0.4) is 0 Å². The molecule has 5 rings (SSSR count). The Labute approximate surface area is 194 Å². The lowest BCUT2D eigenvalue weighted by molar-refractivity contribution is -0.124. The monoisotopic (exact) mass is 453 g/mol. The Morgan fingerprint density at radius 3 is 2.48 bits per heavy atom. The summed E-state index contributed by atoms with van der Waals surface area (Å²) in [6, 6.07) is 21.7. The molecule has 7 nitrogen and oxygen atoms in total. The van der Waals surface area contributed by atoms with Crippen molar-refractivity contribution in [3.05, 3.63) is 113 Å². The van der Waals surface area contributed by atoms with Crippen molar-refractivity contribution in [2.24, 2.45) is 4.99 Å². The first-order valence-electron chi connectivity index (χ1n) is 10.1. The molecule has 2 amide bonds. The second-order valence-electron chi connectivity index (χ2n) is 7.21. The van der Waals surface area contributed by atoms with Crippen LogP contribution >= 0.6 is 11.6 Å². The van der Waals surface area contributed by atoms with Crippen LogP contribution in [0.1, 0.15) is 21.5 Å². The standard InChI is InChI=1S/C25H16ClN5O2/c26-22-19(14-18-8-4-5-9-20(18)28-22)15-21-25(33)31(23(29-21)16-6-2-1-3-7-16)30-24(32)17-10-12-27-13-11-17/h1-15H,(H,30,32)/b21-15-. The molecule has 1 N–H and O–H groups in total. The summed E-state index contributed by atoms with van der Waals surface area (Å²) < 4.78 is 0. The predicted octanol–water partition coefficient (Wildman–Crippen LogP) is 4.26. The average molecular weight is 454 g/mol. The van der Waals surface area contributed by atoms with E-state index in [0.29, 0.717) is 22.5 Å². The third-order valence-electron chi connectivity index (χ3n) is 5.05. The van der Waals surface area contributed by atoms with Gasteiger partial charge in [-0.1, -0.05) is 60.1 Å². The Kier molecular flexibility index (Phi) is 5.38. The van der Waals surface area contributed by atoms with Gasteiger partial charge in [-0.25, -0.2) is 9.98 Å². The normalized spacial score (nSPS) is 14.6. The number of hydrazine groups is 1. The van der Waals surface area contributed by atoms with Crippen molar-refractivity contribution < 1.29 is 9.59 Å². The minimum absolute atomic E-state index is 0.128. The first-order chi connectivity index (χ1) is 16.1. The fourth-order valence-electron chi connectivity index (χ4n) is 3.43. The van der Waals surface area contributed by atoms with E-state index < -0.39 is 11.8 Å². The summed E-state index contributed by atoms with van der Waals surface area (Å²) in [6.45, 7) is 0. The first kappa shape index (κ1) is 20.5. The smallest absolute Gasteiger partial charge is 0.267 e. The van der Waals surface area contributed by atoms with Gasteiger partial charge in [-0.15, -0.1) is 0 Å². The molecule has 3 heterocycles. The Bertz CT molecular complexity index is 1440. The van der Waals surface area contributed by atoms with Crippen LogP contribution in [-0.2, 0) is 4.79 Å². The van der Waals surface area contributed by atoms with E-state index in [-0.39, 0.29) is 10.9 Å². The molecule has 4 aromatic rings. The number of para-hydroxylation sites is 1. The third kappa shape index (κ3) is 4.09. The van der Waals surface area contributed by atoms with Gasteiger partial charge in [0.2, 0.25) is 0 Å². The summed E-state index contributed by atoms with van der Waals surface area (Å²) in [4.78, 5) is 38.9. The van der Waals surface area contributed by atoms with E-state index in [1.54, 1.807) is 18.2 Å². The van der Waals surface area contributed by atoms with E-state index in [4.69, 9.17) is 11.6 Å². The largest absolute Gasteiger partial charge is 0.297 e. The van der Waals surface area contributed by atoms with Crippen LogP contribution in [0.4, 0.5) is 0 Å². The third-order valence-corrected chi connectivity index (χ3v) is 5.35. The van der Waals surface area contributed by atoms with E-state index in [9.17, 15) is 9.59 Å². The van der Waals surface area contributed by atoms with Crippen LogP contribution in [-0.4, -0.2) is 32.6 Å². The highest BCUT2D eigenvalue weighted by Gasteiger charge is 2.33. The van der Waals surface area contributed by atoms with Crippen molar-refractivity contribution in [3.63, 3.8) is 0 Å². The van der Waals surface area contributed by atoms with Gasteiger partial charge in [0.15, 0.2) is 5.84 Å². The van der Waals surface area contributed by atoms with Crippen molar-refractivity contribution in [2.75, 3.05) is 0 Å². The van der Waals surface area contributed by atoms with E-state index in [2.05, 4.69) is 20.4 Å². The van der Waals surface area contributed by atoms with Crippen LogP contribution < -0.4 is 5.43 Å². The summed E-state index contributed by atoms with van der Waals surface area (Å²) in [7, 11) is 0. The van der Waals surface area contributed by atoms with Crippen molar-refractivity contribution in [2.45, 2.75) is 0 Å². The molecule has 2 aromatic carbocycles. The van der Waals surface area contributed by atoms with Crippen LogP contribution in [0.2, 0.25) is 5.15 Å². The van der Waals surface area contributed by atoms with Crippen molar-refractivity contribution in [3.8, 4) is 0 Å². The van der Waals surface area contributed by atoms with Crippen LogP contribution in [0.5, 0.6) is 0 Å². The van der Waals surface area contributed by atoms with Crippen LogP contribution in [0, 0.1) is 0 Å². The highest BCUT2D eigenvalue weighted by atomic mass is 35.5. The molecule has 0 aliphatic carbocycles. The summed E-state index contributed by atoms with van der Waals surface area (Å²) in [5.74, 6) is -0.638. The quantitative estimate of drug-likeness (QED) is 0.369. The number of carbonyl (C=O) groups excluding carboxylic acids is 2. The molecule has 0 spiro atoms. The molecule has 0 radical (unpaired) electrons. The summed E-state index contributed by atoms with van der Waals surface area (Å²) >= 11 is 6.38. The molecular weight excluding hydrogens is 438 g/mol. The molecular formula is C25H16ClN5O2. The maximum absolute atomic E-state index is 13.3. The highest BCUT2D eigenvalue weighted by molar-refractivity contribution is 6.31. The summed E-state index contributed by atoms with van der Waals surface area (Å²) in [5, 5.41) is 2.28. The molecule has 0 unspecified atom stereocenters. The molecule has 2 aromatic heterocycles. The minimum atomic E-state index is -0.486. The number of amides is 2. The fraction of sp³-hybridized carbons (Fsp3) is 0. The number of rotatable bonds is 4. The number of pyridine rings is 2. The molecule has 160 valence electrons. The zero-order valence-electron chi connectivity index (χ0n) is 17.1. The molecule has 33 heavy (non-hydrogen) atoms. The van der Waals surface area contributed by atoms with Crippen molar-refractivity contribution in [1.82, 2.24) is 20.4 Å². The lowest BCUT2D eigenvalue weighted by atomic mass is 10.1. The van der Waals surface area contributed by atoms with Crippen LogP contribution in [0.25, 0.3) is 17.0 Å². The number of amidine groups is 1. The molecule has 0 atom stereocenters. The molecule has 0 saturated heterocycles.